The van der Waals surface area contributed by atoms with E-state index in [2.05, 4.69) is 9.97 Å². The third kappa shape index (κ3) is 2.25. The standard InChI is InChI=1S/C12H6F3N3O2S/c13-12(14,15)7-4-18(3-6(7)11(19)20)10-9-8(1-2-21-9)16-5-17-10/h1-5H,(H,19,20). The average molecular weight is 313 g/mol. The van der Waals surface area contributed by atoms with Crippen LogP contribution in [0.15, 0.2) is 30.2 Å². The molecule has 9 heteroatoms. The van der Waals surface area contributed by atoms with Crippen LogP contribution in [0, 0.1) is 0 Å². The van der Waals surface area contributed by atoms with Gasteiger partial charge in [-0.1, -0.05) is 0 Å². The lowest BCUT2D eigenvalue weighted by Gasteiger charge is -2.04. The number of carboxylic acid groups (broad SMARTS) is 1. The van der Waals surface area contributed by atoms with E-state index in [0.29, 0.717) is 10.2 Å². The Morgan fingerprint density at radius 1 is 1.29 bits per heavy atom. The van der Waals surface area contributed by atoms with Crippen LogP contribution in [-0.4, -0.2) is 25.6 Å². The maximum absolute atomic E-state index is 12.9. The summed E-state index contributed by atoms with van der Waals surface area (Å²) in [6, 6.07) is 1.71. The lowest BCUT2D eigenvalue weighted by Crippen LogP contribution is -2.09. The van der Waals surface area contributed by atoms with Crippen molar-refractivity contribution >= 4 is 27.5 Å². The number of hydrogen-bond acceptors (Lipinski definition) is 4. The number of alkyl halides is 3. The van der Waals surface area contributed by atoms with E-state index in [4.69, 9.17) is 5.11 Å². The van der Waals surface area contributed by atoms with E-state index >= 15 is 0 Å². The average Bonchev–Trinajstić information content (AvgIpc) is 3.04. The first-order valence-electron chi connectivity index (χ1n) is 5.59. The van der Waals surface area contributed by atoms with Gasteiger partial charge in [-0.3, -0.25) is 0 Å². The summed E-state index contributed by atoms with van der Waals surface area (Å²) < 4.78 is 40.3. The van der Waals surface area contributed by atoms with Gasteiger partial charge in [0, 0.05) is 12.4 Å². The highest BCUT2D eigenvalue weighted by molar-refractivity contribution is 7.17. The minimum Gasteiger partial charge on any atom is -0.478 e. The molecule has 0 bridgehead atoms. The fraction of sp³-hybridized carbons (Fsp3) is 0.0833. The van der Waals surface area contributed by atoms with E-state index in [9.17, 15) is 18.0 Å². The van der Waals surface area contributed by atoms with Crippen molar-refractivity contribution in [1.29, 1.82) is 0 Å². The van der Waals surface area contributed by atoms with Crippen LogP contribution >= 0.6 is 11.3 Å². The van der Waals surface area contributed by atoms with Crippen molar-refractivity contribution in [2.45, 2.75) is 6.18 Å². The summed E-state index contributed by atoms with van der Waals surface area (Å²) >= 11 is 1.27. The number of aromatic nitrogens is 3. The summed E-state index contributed by atoms with van der Waals surface area (Å²) in [5.74, 6) is -1.43. The van der Waals surface area contributed by atoms with Crippen LogP contribution in [-0.2, 0) is 6.18 Å². The zero-order chi connectivity index (χ0) is 15.2. The number of fused-ring (bicyclic) bond motifs is 1. The maximum atomic E-state index is 12.9. The molecule has 0 aliphatic rings. The van der Waals surface area contributed by atoms with Gasteiger partial charge < -0.3 is 9.67 Å². The van der Waals surface area contributed by atoms with Crippen LogP contribution in [0.2, 0.25) is 0 Å². The Morgan fingerprint density at radius 2 is 2.05 bits per heavy atom. The summed E-state index contributed by atoms with van der Waals surface area (Å²) in [6.45, 7) is 0. The number of hydrogen-bond donors (Lipinski definition) is 1. The van der Waals surface area contributed by atoms with Crippen molar-refractivity contribution in [1.82, 2.24) is 14.5 Å². The van der Waals surface area contributed by atoms with E-state index in [1.165, 1.54) is 17.7 Å². The molecule has 3 rings (SSSR count). The van der Waals surface area contributed by atoms with Crippen LogP contribution < -0.4 is 0 Å². The molecule has 0 atom stereocenters. The van der Waals surface area contributed by atoms with E-state index in [0.717, 1.165) is 17.0 Å². The Morgan fingerprint density at radius 3 is 2.67 bits per heavy atom. The fourth-order valence-corrected chi connectivity index (χ4v) is 2.77. The van der Waals surface area contributed by atoms with Gasteiger partial charge in [0.2, 0.25) is 0 Å². The predicted octanol–water partition coefficient (Wildman–Crippen LogP) is 3.20. The topological polar surface area (TPSA) is 68.0 Å². The van der Waals surface area contributed by atoms with Gasteiger partial charge in [-0.25, -0.2) is 14.8 Å². The number of aromatic carboxylic acids is 1. The van der Waals surface area contributed by atoms with Crippen LogP contribution in [0.1, 0.15) is 15.9 Å². The first-order chi connectivity index (χ1) is 9.88. The number of nitrogens with zero attached hydrogens (tertiary/aromatic N) is 3. The zero-order valence-electron chi connectivity index (χ0n) is 10.1. The molecule has 3 heterocycles. The largest absolute Gasteiger partial charge is 0.478 e. The van der Waals surface area contributed by atoms with Crippen LogP contribution in [0.4, 0.5) is 13.2 Å². The van der Waals surface area contributed by atoms with Crippen molar-refractivity contribution in [2.24, 2.45) is 0 Å². The second-order valence-corrected chi connectivity index (χ2v) is 5.04. The van der Waals surface area contributed by atoms with Gasteiger partial charge in [0.25, 0.3) is 0 Å². The van der Waals surface area contributed by atoms with Crippen LogP contribution in [0.25, 0.3) is 16.0 Å². The van der Waals surface area contributed by atoms with Crippen molar-refractivity contribution in [3.05, 3.63) is 41.3 Å². The first-order valence-corrected chi connectivity index (χ1v) is 6.47. The van der Waals surface area contributed by atoms with Gasteiger partial charge in [-0.2, -0.15) is 13.2 Å². The summed E-state index contributed by atoms with van der Waals surface area (Å²) in [4.78, 5) is 18.9. The number of rotatable bonds is 2. The molecule has 0 unspecified atom stereocenters. The van der Waals surface area contributed by atoms with Gasteiger partial charge in [-0.05, 0) is 11.4 Å². The molecule has 0 amide bonds. The molecule has 5 nitrogen and oxygen atoms in total. The smallest absolute Gasteiger partial charge is 0.418 e. The molecular weight excluding hydrogens is 307 g/mol. The second-order valence-electron chi connectivity index (χ2n) is 4.13. The molecule has 3 aromatic heterocycles. The number of thiophene rings is 1. The molecule has 21 heavy (non-hydrogen) atoms. The lowest BCUT2D eigenvalue weighted by atomic mass is 10.2. The van der Waals surface area contributed by atoms with E-state index in [-0.39, 0.29) is 5.82 Å². The lowest BCUT2D eigenvalue weighted by molar-refractivity contribution is -0.138. The summed E-state index contributed by atoms with van der Waals surface area (Å²) in [6.07, 6.45) is -1.89. The first kappa shape index (κ1) is 13.6. The van der Waals surface area contributed by atoms with Gasteiger partial charge in [0.1, 0.15) is 6.33 Å². The summed E-state index contributed by atoms with van der Waals surface area (Å²) in [7, 11) is 0. The van der Waals surface area contributed by atoms with Gasteiger partial charge in [0.15, 0.2) is 5.82 Å². The maximum Gasteiger partial charge on any atom is 0.418 e. The minimum atomic E-state index is -4.75. The van der Waals surface area contributed by atoms with E-state index in [1.807, 2.05) is 0 Å². The van der Waals surface area contributed by atoms with Crippen LogP contribution in [0.3, 0.4) is 0 Å². The Labute approximate surface area is 119 Å². The van der Waals surface area contributed by atoms with Crippen molar-refractivity contribution in [3.63, 3.8) is 0 Å². The molecule has 0 spiro atoms. The van der Waals surface area contributed by atoms with E-state index < -0.39 is 23.3 Å². The molecule has 0 aromatic carbocycles. The second kappa shape index (κ2) is 4.55. The summed E-state index contributed by atoms with van der Waals surface area (Å²) in [5, 5.41) is 10.7. The molecule has 0 fully saturated rings. The van der Waals surface area contributed by atoms with Crippen molar-refractivity contribution in [2.75, 3.05) is 0 Å². The monoisotopic (exact) mass is 313 g/mol. The number of halogens is 3. The molecule has 3 aromatic rings. The highest BCUT2D eigenvalue weighted by Gasteiger charge is 2.37. The molecular formula is C12H6F3N3O2S. The Kier molecular flexibility index (Phi) is 2.94. The molecule has 0 saturated heterocycles. The molecule has 0 saturated carbocycles. The predicted molar refractivity (Wildman–Crippen MR) is 68.7 cm³/mol. The van der Waals surface area contributed by atoms with Crippen molar-refractivity contribution < 1.29 is 23.1 Å². The number of carboxylic acids is 1. The fourth-order valence-electron chi connectivity index (χ4n) is 1.93. The molecule has 0 aliphatic carbocycles. The normalized spacial score (nSPS) is 12.0. The van der Waals surface area contributed by atoms with Crippen LogP contribution in [0.5, 0.6) is 0 Å². The highest BCUT2D eigenvalue weighted by atomic mass is 32.1. The Balaban J connectivity index is 2.24. The molecule has 0 aliphatic heterocycles. The number of carbonyl (C=O) groups is 1. The molecule has 108 valence electrons. The highest BCUT2D eigenvalue weighted by Crippen LogP contribution is 2.34. The Hall–Kier alpha value is -2.42. The third-order valence-corrected chi connectivity index (χ3v) is 3.73. The third-order valence-electron chi connectivity index (χ3n) is 2.83. The van der Waals surface area contributed by atoms with Gasteiger partial charge >= 0.3 is 12.1 Å². The molecule has 1 N–H and O–H groups in total. The van der Waals surface area contributed by atoms with Gasteiger partial charge in [-0.15, -0.1) is 11.3 Å². The quantitative estimate of drug-likeness (QED) is 0.789. The minimum absolute atomic E-state index is 0.216. The summed E-state index contributed by atoms with van der Waals surface area (Å²) in [5.41, 5.74) is -1.44. The SMILES string of the molecule is O=C(O)c1cn(-c2ncnc3ccsc23)cc1C(F)(F)F. The Bertz CT molecular complexity index is 838. The zero-order valence-corrected chi connectivity index (χ0v) is 10.9. The van der Waals surface area contributed by atoms with Gasteiger partial charge in [0.05, 0.1) is 21.3 Å². The van der Waals surface area contributed by atoms with E-state index in [1.54, 1.807) is 11.4 Å². The van der Waals surface area contributed by atoms with Crippen molar-refractivity contribution in [3.8, 4) is 5.82 Å². The molecule has 0 radical (unpaired) electrons.